The third-order valence-electron chi connectivity index (χ3n) is 3.69. The predicted octanol–water partition coefficient (Wildman–Crippen LogP) is 2.72. The molecule has 1 heterocycles. The Labute approximate surface area is 146 Å². The molecular formula is C19H22FN3O2. The maximum absolute atomic E-state index is 12.8. The van der Waals surface area contributed by atoms with Gasteiger partial charge < -0.3 is 10.6 Å². The molecule has 1 aromatic heterocycles. The van der Waals surface area contributed by atoms with E-state index in [9.17, 15) is 14.0 Å². The number of carbonyl (C=O) groups is 2. The molecule has 0 saturated heterocycles. The third kappa shape index (κ3) is 5.99. The number of hydrogen-bond donors (Lipinski definition) is 2. The average molecular weight is 343 g/mol. The molecule has 0 saturated carbocycles. The van der Waals surface area contributed by atoms with Crippen LogP contribution in [0, 0.1) is 5.82 Å². The summed E-state index contributed by atoms with van der Waals surface area (Å²) in [6.07, 6.45) is 5.36. The maximum Gasteiger partial charge on any atom is 0.252 e. The highest BCUT2D eigenvalue weighted by molar-refractivity contribution is 5.99. The summed E-state index contributed by atoms with van der Waals surface area (Å²) in [6, 6.07) is 7.68. The molecule has 0 atom stereocenters. The lowest BCUT2D eigenvalue weighted by molar-refractivity contribution is 0.0952. The Hall–Kier alpha value is -2.76. The highest BCUT2D eigenvalue weighted by Gasteiger charge is 2.10. The zero-order valence-corrected chi connectivity index (χ0v) is 14.2. The van der Waals surface area contributed by atoms with Gasteiger partial charge in [-0.2, -0.15) is 0 Å². The van der Waals surface area contributed by atoms with Gasteiger partial charge in [-0.15, -0.1) is 0 Å². The number of unbranched alkanes of at least 4 members (excludes halogenated alkanes) is 1. The molecule has 132 valence electrons. The molecule has 0 spiro atoms. The zero-order chi connectivity index (χ0) is 18.1. The number of pyridine rings is 1. The van der Waals surface area contributed by atoms with Crippen LogP contribution in [0.2, 0.25) is 0 Å². The number of nitrogens with one attached hydrogen (secondary N) is 2. The van der Waals surface area contributed by atoms with Crippen molar-refractivity contribution in [3.8, 4) is 0 Å². The fourth-order valence-electron chi connectivity index (χ4n) is 2.24. The van der Waals surface area contributed by atoms with Crippen LogP contribution in [-0.2, 0) is 6.42 Å². The molecule has 0 radical (unpaired) electrons. The van der Waals surface area contributed by atoms with E-state index in [2.05, 4.69) is 15.6 Å². The van der Waals surface area contributed by atoms with Crippen LogP contribution >= 0.6 is 0 Å². The van der Waals surface area contributed by atoms with Gasteiger partial charge in [0.25, 0.3) is 11.8 Å². The minimum absolute atomic E-state index is 0.234. The van der Waals surface area contributed by atoms with Gasteiger partial charge >= 0.3 is 0 Å². The van der Waals surface area contributed by atoms with E-state index in [-0.39, 0.29) is 17.6 Å². The molecule has 0 aliphatic heterocycles. The normalized spacial score (nSPS) is 10.3. The van der Waals surface area contributed by atoms with Gasteiger partial charge in [0, 0.05) is 25.5 Å². The Morgan fingerprint density at radius 1 is 1.00 bits per heavy atom. The van der Waals surface area contributed by atoms with Crippen molar-refractivity contribution < 1.29 is 14.0 Å². The van der Waals surface area contributed by atoms with E-state index in [0.29, 0.717) is 30.6 Å². The fourth-order valence-corrected chi connectivity index (χ4v) is 2.24. The molecule has 1 aromatic carbocycles. The molecule has 0 aliphatic carbocycles. The van der Waals surface area contributed by atoms with Crippen LogP contribution in [0.1, 0.15) is 46.0 Å². The van der Waals surface area contributed by atoms with Crippen LogP contribution in [0.15, 0.2) is 42.7 Å². The van der Waals surface area contributed by atoms with Crippen LogP contribution < -0.4 is 10.6 Å². The maximum atomic E-state index is 12.8. The molecule has 0 fully saturated rings. The molecule has 0 bridgehead atoms. The summed E-state index contributed by atoms with van der Waals surface area (Å²) in [6.45, 7) is 3.06. The first kappa shape index (κ1) is 18.6. The monoisotopic (exact) mass is 343 g/mol. The average Bonchev–Trinajstić information content (AvgIpc) is 2.63. The molecule has 2 amide bonds. The van der Waals surface area contributed by atoms with Crippen molar-refractivity contribution in [3.05, 3.63) is 65.2 Å². The van der Waals surface area contributed by atoms with Gasteiger partial charge in [-0.25, -0.2) is 4.39 Å². The standard InChI is InChI=1S/C19H22FN3O2/c1-2-3-9-22-18(24)15-11-16(13-21-12-15)19(25)23-10-8-14-4-6-17(20)7-5-14/h4-7,11-13H,2-3,8-10H2,1H3,(H,22,24)(H,23,25). The van der Waals surface area contributed by atoms with Crippen molar-refractivity contribution in [3.63, 3.8) is 0 Å². The lowest BCUT2D eigenvalue weighted by Gasteiger charge is -2.07. The van der Waals surface area contributed by atoms with Gasteiger partial charge in [-0.05, 0) is 36.6 Å². The van der Waals surface area contributed by atoms with E-state index in [1.807, 2.05) is 6.92 Å². The second kappa shape index (κ2) is 9.52. The van der Waals surface area contributed by atoms with E-state index in [0.717, 1.165) is 18.4 Å². The SMILES string of the molecule is CCCCNC(=O)c1cncc(C(=O)NCCc2ccc(F)cc2)c1. The lowest BCUT2D eigenvalue weighted by Crippen LogP contribution is -2.27. The van der Waals surface area contributed by atoms with Crippen LogP contribution in [0.3, 0.4) is 0 Å². The fraction of sp³-hybridized carbons (Fsp3) is 0.316. The minimum atomic E-state index is -0.294. The highest BCUT2D eigenvalue weighted by atomic mass is 19.1. The number of amides is 2. The van der Waals surface area contributed by atoms with Crippen molar-refractivity contribution in [2.24, 2.45) is 0 Å². The van der Waals surface area contributed by atoms with Gasteiger partial charge in [0.15, 0.2) is 0 Å². The quantitative estimate of drug-likeness (QED) is 0.724. The Bertz CT molecular complexity index is 717. The largest absolute Gasteiger partial charge is 0.352 e. The summed E-state index contributed by atoms with van der Waals surface area (Å²) >= 11 is 0. The number of carbonyl (C=O) groups excluding carboxylic acids is 2. The third-order valence-corrected chi connectivity index (χ3v) is 3.69. The molecule has 2 N–H and O–H groups in total. The summed E-state index contributed by atoms with van der Waals surface area (Å²) in [5.41, 5.74) is 1.63. The summed E-state index contributed by atoms with van der Waals surface area (Å²) in [5, 5.41) is 5.57. The summed E-state index contributed by atoms with van der Waals surface area (Å²) in [5.74, 6) is -0.812. The van der Waals surface area contributed by atoms with Crippen molar-refractivity contribution in [1.29, 1.82) is 0 Å². The molecular weight excluding hydrogens is 321 g/mol. The van der Waals surface area contributed by atoms with Crippen molar-refractivity contribution in [2.75, 3.05) is 13.1 Å². The van der Waals surface area contributed by atoms with E-state index in [1.165, 1.54) is 30.6 Å². The second-order valence-corrected chi connectivity index (χ2v) is 5.70. The van der Waals surface area contributed by atoms with E-state index >= 15 is 0 Å². The van der Waals surface area contributed by atoms with Crippen molar-refractivity contribution in [1.82, 2.24) is 15.6 Å². The van der Waals surface area contributed by atoms with Crippen LogP contribution in [-0.4, -0.2) is 29.9 Å². The summed E-state index contributed by atoms with van der Waals surface area (Å²) in [4.78, 5) is 28.2. The molecule has 6 heteroatoms. The smallest absolute Gasteiger partial charge is 0.252 e. The van der Waals surface area contributed by atoms with Gasteiger partial charge in [0.05, 0.1) is 11.1 Å². The zero-order valence-electron chi connectivity index (χ0n) is 14.2. The van der Waals surface area contributed by atoms with Gasteiger partial charge in [0.2, 0.25) is 0 Å². The van der Waals surface area contributed by atoms with E-state index < -0.39 is 0 Å². The Kier molecular flexibility index (Phi) is 7.07. The Balaban J connectivity index is 1.87. The summed E-state index contributed by atoms with van der Waals surface area (Å²) in [7, 11) is 0. The van der Waals surface area contributed by atoms with Gasteiger partial charge in [0.1, 0.15) is 5.82 Å². The topological polar surface area (TPSA) is 71.1 Å². The van der Waals surface area contributed by atoms with Crippen molar-refractivity contribution in [2.45, 2.75) is 26.2 Å². The highest BCUT2D eigenvalue weighted by Crippen LogP contribution is 2.05. The first-order chi connectivity index (χ1) is 12.1. The predicted molar refractivity (Wildman–Crippen MR) is 93.9 cm³/mol. The number of hydrogen-bond acceptors (Lipinski definition) is 3. The minimum Gasteiger partial charge on any atom is -0.352 e. The second-order valence-electron chi connectivity index (χ2n) is 5.70. The van der Waals surface area contributed by atoms with Gasteiger partial charge in [-0.3, -0.25) is 14.6 Å². The van der Waals surface area contributed by atoms with E-state index in [4.69, 9.17) is 0 Å². The number of nitrogens with zero attached hydrogens (tertiary/aromatic N) is 1. The van der Waals surface area contributed by atoms with Crippen molar-refractivity contribution >= 4 is 11.8 Å². The van der Waals surface area contributed by atoms with Crippen LogP contribution in [0.25, 0.3) is 0 Å². The number of aromatic nitrogens is 1. The molecule has 5 nitrogen and oxygen atoms in total. The number of rotatable bonds is 8. The Morgan fingerprint density at radius 3 is 2.20 bits per heavy atom. The lowest BCUT2D eigenvalue weighted by atomic mass is 10.1. The van der Waals surface area contributed by atoms with Crippen LogP contribution in [0.5, 0.6) is 0 Å². The molecule has 2 aromatic rings. The molecule has 0 unspecified atom stereocenters. The van der Waals surface area contributed by atoms with Crippen LogP contribution in [0.4, 0.5) is 4.39 Å². The Morgan fingerprint density at radius 2 is 1.60 bits per heavy atom. The van der Waals surface area contributed by atoms with E-state index in [1.54, 1.807) is 12.1 Å². The number of benzene rings is 1. The molecule has 25 heavy (non-hydrogen) atoms. The molecule has 2 rings (SSSR count). The molecule has 0 aliphatic rings. The summed E-state index contributed by atoms with van der Waals surface area (Å²) < 4.78 is 12.8. The van der Waals surface area contributed by atoms with Gasteiger partial charge in [-0.1, -0.05) is 25.5 Å². The first-order valence-electron chi connectivity index (χ1n) is 8.36. The first-order valence-corrected chi connectivity index (χ1v) is 8.36. The number of halogens is 1.